The van der Waals surface area contributed by atoms with Crippen LogP contribution >= 0.6 is 0 Å². The third-order valence-corrected chi connectivity index (χ3v) is 3.42. The van der Waals surface area contributed by atoms with Crippen molar-refractivity contribution in [3.05, 3.63) is 59.2 Å². The first kappa shape index (κ1) is 15.1. The Morgan fingerprint density at radius 3 is 2.52 bits per heavy atom. The van der Waals surface area contributed by atoms with Crippen LogP contribution in [-0.4, -0.2) is 12.9 Å². The first-order chi connectivity index (χ1) is 10.2. The summed E-state index contributed by atoms with van der Waals surface area (Å²) in [5, 5.41) is 0. The highest BCUT2D eigenvalue weighted by Gasteiger charge is 2.08. The number of ketones is 1. The molecule has 0 bridgehead atoms. The van der Waals surface area contributed by atoms with Crippen LogP contribution in [0.25, 0.3) is 0 Å². The third kappa shape index (κ3) is 3.63. The molecule has 0 heterocycles. The van der Waals surface area contributed by atoms with Crippen LogP contribution in [0.3, 0.4) is 0 Å². The summed E-state index contributed by atoms with van der Waals surface area (Å²) in [6.45, 7) is 4.06. The predicted octanol–water partition coefficient (Wildman–Crippen LogP) is 4.04. The lowest BCUT2D eigenvalue weighted by Crippen LogP contribution is -2.02. The van der Waals surface area contributed by atoms with Crippen molar-refractivity contribution < 1.29 is 14.3 Å². The van der Waals surface area contributed by atoms with Gasteiger partial charge in [-0.3, -0.25) is 4.79 Å². The average Bonchev–Trinajstić information content (AvgIpc) is 2.52. The Bertz CT molecular complexity index is 632. The Labute approximate surface area is 125 Å². The molecule has 3 heteroatoms. The van der Waals surface area contributed by atoms with Crippen molar-refractivity contribution >= 4 is 5.78 Å². The lowest BCUT2D eigenvalue weighted by atomic mass is 10.0. The summed E-state index contributed by atoms with van der Waals surface area (Å²) in [5.41, 5.74) is 2.77. The van der Waals surface area contributed by atoms with Crippen LogP contribution in [0.1, 0.15) is 35.3 Å². The van der Waals surface area contributed by atoms with Crippen molar-refractivity contribution in [2.75, 3.05) is 7.11 Å². The van der Waals surface area contributed by atoms with E-state index in [1.165, 1.54) is 0 Å². The van der Waals surface area contributed by atoms with Gasteiger partial charge in [0.15, 0.2) is 5.78 Å². The summed E-state index contributed by atoms with van der Waals surface area (Å²) >= 11 is 0. The van der Waals surface area contributed by atoms with Gasteiger partial charge in [0.05, 0.1) is 7.11 Å². The van der Waals surface area contributed by atoms with E-state index in [1.54, 1.807) is 14.0 Å². The third-order valence-electron chi connectivity index (χ3n) is 3.42. The summed E-state index contributed by atoms with van der Waals surface area (Å²) in [5.74, 6) is 1.67. The Kier molecular flexibility index (Phi) is 4.99. The van der Waals surface area contributed by atoms with E-state index in [1.807, 2.05) is 49.4 Å². The van der Waals surface area contributed by atoms with Crippen molar-refractivity contribution in [3.8, 4) is 11.5 Å². The van der Waals surface area contributed by atoms with E-state index in [-0.39, 0.29) is 5.78 Å². The minimum atomic E-state index is 0.0862. The summed E-state index contributed by atoms with van der Waals surface area (Å²) in [6, 6.07) is 13.4. The number of rotatable bonds is 6. The lowest BCUT2D eigenvalue weighted by molar-refractivity contribution is 0.101. The lowest BCUT2D eigenvalue weighted by Gasteiger charge is -2.12. The van der Waals surface area contributed by atoms with E-state index in [4.69, 9.17) is 9.47 Å². The van der Waals surface area contributed by atoms with Crippen molar-refractivity contribution in [1.82, 2.24) is 0 Å². The van der Waals surface area contributed by atoms with Crippen molar-refractivity contribution in [2.24, 2.45) is 0 Å². The van der Waals surface area contributed by atoms with Crippen LogP contribution in [0.2, 0.25) is 0 Å². The summed E-state index contributed by atoms with van der Waals surface area (Å²) in [7, 11) is 1.65. The molecule has 0 saturated carbocycles. The minimum Gasteiger partial charge on any atom is -0.496 e. The fourth-order valence-corrected chi connectivity index (χ4v) is 2.28. The smallest absolute Gasteiger partial charge is 0.160 e. The van der Waals surface area contributed by atoms with Gasteiger partial charge in [0.25, 0.3) is 0 Å². The van der Waals surface area contributed by atoms with Gasteiger partial charge in [-0.1, -0.05) is 25.1 Å². The SMILES string of the molecule is CCc1cc(OCc2ccccc2OC)ccc1C(C)=O. The number of para-hydroxylation sites is 1. The highest BCUT2D eigenvalue weighted by atomic mass is 16.5. The number of carbonyl (C=O) groups excluding carboxylic acids is 1. The second-order valence-electron chi connectivity index (χ2n) is 4.83. The van der Waals surface area contributed by atoms with Crippen LogP contribution < -0.4 is 9.47 Å². The first-order valence-electron chi connectivity index (χ1n) is 7.04. The molecule has 21 heavy (non-hydrogen) atoms. The fourth-order valence-electron chi connectivity index (χ4n) is 2.28. The van der Waals surface area contributed by atoms with E-state index in [0.29, 0.717) is 6.61 Å². The molecule has 110 valence electrons. The molecule has 3 nitrogen and oxygen atoms in total. The molecule has 0 aliphatic heterocycles. The highest BCUT2D eigenvalue weighted by Crippen LogP contribution is 2.23. The van der Waals surface area contributed by atoms with E-state index in [2.05, 4.69) is 0 Å². The first-order valence-corrected chi connectivity index (χ1v) is 7.04. The Hall–Kier alpha value is -2.29. The standard InChI is InChI=1S/C18H20O3/c1-4-14-11-16(9-10-17(14)13(2)19)21-12-15-7-5-6-8-18(15)20-3/h5-11H,4,12H2,1-3H3. The van der Waals surface area contributed by atoms with Gasteiger partial charge >= 0.3 is 0 Å². The molecule has 0 unspecified atom stereocenters. The molecular formula is C18H20O3. The number of hydrogen-bond donors (Lipinski definition) is 0. The molecule has 0 fully saturated rings. The molecule has 2 rings (SSSR count). The van der Waals surface area contributed by atoms with E-state index in [9.17, 15) is 4.79 Å². The molecule has 0 aliphatic rings. The van der Waals surface area contributed by atoms with Crippen LogP contribution in [0, 0.1) is 0 Å². The highest BCUT2D eigenvalue weighted by molar-refractivity contribution is 5.95. The van der Waals surface area contributed by atoms with Gasteiger partial charge in [0.2, 0.25) is 0 Å². The molecule has 0 aromatic heterocycles. The Balaban J connectivity index is 2.15. The van der Waals surface area contributed by atoms with Gasteiger partial charge in [-0.15, -0.1) is 0 Å². The maximum Gasteiger partial charge on any atom is 0.160 e. The number of methoxy groups -OCH3 is 1. The monoisotopic (exact) mass is 284 g/mol. The normalized spacial score (nSPS) is 10.2. The van der Waals surface area contributed by atoms with Crippen molar-refractivity contribution in [2.45, 2.75) is 26.9 Å². The predicted molar refractivity (Wildman–Crippen MR) is 83.2 cm³/mol. The molecule has 0 radical (unpaired) electrons. The van der Waals surface area contributed by atoms with Crippen LogP contribution in [0.5, 0.6) is 11.5 Å². The van der Waals surface area contributed by atoms with E-state index in [0.717, 1.165) is 34.6 Å². The Morgan fingerprint density at radius 1 is 1.10 bits per heavy atom. The zero-order valence-corrected chi connectivity index (χ0v) is 12.7. The zero-order valence-electron chi connectivity index (χ0n) is 12.7. The second kappa shape index (κ2) is 6.93. The number of carbonyl (C=O) groups is 1. The van der Waals surface area contributed by atoms with Gasteiger partial charge < -0.3 is 9.47 Å². The number of ether oxygens (including phenoxy) is 2. The van der Waals surface area contributed by atoms with Gasteiger partial charge in [0.1, 0.15) is 18.1 Å². The molecule has 2 aromatic carbocycles. The number of benzene rings is 2. The molecule has 0 aliphatic carbocycles. The molecule has 0 amide bonds. The summed E-state index contributed by atoms with van der Waals surface area (Å²) in [4.78, 5) is 11.5. The molecule has 0 saturated heterocycles. The fraction of sp³-hybridized carbons (Fsp3) is 0.278. The maximum atomic E-state index is 11.5. The van der Waals surface area contributed by atoms with Gasteiger partial charge in [-0.05, 0) is 43.2 Å². The molecule has 0 N–H and O–H groups in total. The van der Waals surface area contributed by atoms with E-state index < -0.39 is 0 Å². The van der Waals surface area contributed by atoms with E-state index >= 15 is 0 Å². The largest absolute Gasteiger partial charge is 0.496 e. The van der Waals surface area contributed by atoms with Crippen LogP contribution in [-0.2, 0) is 13.0 Å². The van der Waals surface area contributed by atoms with Crippen LogP contribution in [0.4, 0.5) is 0 Å². The number of hydrogen-bond acceptors (Lipinski definition) is 3. The van der Waals surface area contributed by atoms with Crippen molar-refractivity contribution in [3.63, 3.8) is 0 Å². The average molecular weight is 284 g/mol. The second-order valence-corrected chi connectivity index (χ2v) is 4.83. The molecule has 2 aromatic rings. The number of aryl methyl sites for hydroxylation is 1. The van der Waals surface area contributed by atoms with Gasteiger partial charge in [0, 0.05) is 11.1 Å². The Morgan fingerprint density at radius 2 is 1.86 bits per heavy atom. The number of Topliss-reactive ketones (excluding diaryl/α,β-unsaturated/α-hetero) is 1. The summed E-state index contributed by atoms with van der Waals surface area (Å²) < 4.78 is 11.1. The topological polar surface area (TPSA) is 35.5 Å². The van der Waals surface area contributed by atoms with Gasteiger partial charge in [-0.25, -0.2) is 0 Å². The maximum absolute atomic E-state index is 11.5. The molecule has 0 atom stereocenters. The zero-order chi connectivity index (χ0) is 15.2. The quantitative estimate of drug-likeness (QED) is 0.751. The van der Waals surface area contributed by atoms with Crippen molar-refractivity contribution in [1.29, 1.82) is 0 Å². The molecular weight excluding hydrogens is 264 g/mol. The molecule has 0 spiro atoms. The van der Waals surface area contributed by atoms with Crippen LogP contribution in [0.15, 0.2) is 42.5 Å². The minimum absolute atomic E-state index is 0.0862. The summed E-state index contributed by atoms with van der Waals surface area (Å²) in [6.07, 6.45) is 0.806. The van der Waals surface area contributed by atoms with Gasteiger partial charge in [-0.2, -0.15) is 0 Å².